The van der Waals surface area contributed by atoms with Gasteiger partial charge in [-0.25, -0.2) is 9.52 Å². The topological polar surface area (TPSA) is 84.5 Å². The van der Waals surface area contributed by atoms with E-state index in [0.29, 0.717) is 5.88 Å². The lowest BCUT2D eigenvalue weighted by molar-refractivity contribution is 0.158. The number of hydrogen-bond donors (Lipinski definition) is 2. The Morgan fingerprint density at radius 1 is 1.44 bits per heavy atom. The quantitative estimate of drug-likeness (QED) is 0.702. The molecule has 0 spiro atoms. The fraction of sp³-hybridized carbons (Fsp3) is 0.875. The van der Waals surface area contributed by atoms with Crippen molar-refractivity contribution in [1.29, 1.82) is 0 Å². The highest BCUT2D eigenvalue weighted by Gasteiger charge is 2.21. The third-order valence-electron chi connectivity index (χ3n) is 1.60. The molecule has 0 unspecified atom stereocenters. The van der Waals surface area contributed by atoms with Crippen LogP contribution >= 0.6 is 11.6 Å². The van der Waals surface area contributed by atoms with Crippen LogP contribution in [-0.4, -0.2) is 33.5 Å². The summed E-state index contributed by atoms with van der Waals surface area (Å²) in [5.41, 5.74) is -0.384. The predicted molar refractivity (Wildman–Crippen MR) is 61.6 cm³/mol. The summed E-state index contributed by atoms with van der Waals surface area (Å²) in [5, 5.41) is 0. The van der Waals surface area contributed by atoms with Crippen molar-refractivity contribution in [3.8, 4) is 0 Å². The summed E-state index contributed by atoms with van der Waals surface area (Å²) in [7, 11) is -3.88. The molecule has 0 aliphatic heterocycles. The normalized spacial score (nSPS) is 12.2. The van der Waals surface area contributed by atoms with Gasteiger partial charge in [0.1, 0.15) is 0 Å². The predicted octanol–water partition coefficient (Wildman–Crippen LogP) is 0.832. The molecule has 0 radical (unpaired) electrons. The second-order valence-corrected chi connectivity index (χ2v) is 5.71. The molecule has 96 valence electrons. The Morgan fingerprint density at radius 2 is 2.00 bits per heavy atom. The van der Waals surface area contributed by atoms with E-state index in [-0.39, 0.29) is 18.6 Å². The SMILES string of the molecule is CCOC(=O)NS(=O)(=O)NCC(C)(C)CCl. The number of nitrogens with one attached hydrogen (secondary N) is 2. The monoisotopic (exact) mass is 272 g/mol. The fourth-order valence-electron chi connectivity index (χ4n) is 0.644. The minimum atomic E-state index is -3.88. The van der Waals surface area contributed by atoms with E-state index in [2.05, 4.69) is 9.46 Å². The van der Waals surface area contributed by atoms with Crippen LogP contribution in [0.25, 0.3) is 0 Å². The van der Waals surface area contributed by atoms with E-state index in [0.717, 1.165) is 0 Å². The molecule has 0 aliphatic rings. The lowest BCUT2D eigenvalue weighted by Crippen LogP contribution is -2.44. The van der Waals surface area contributed by atoms with Crippen LogP contribution in [0, 0.1) is 5.41 Å². The number of hydrogen-bond acceptors (Lipinski definition) is 4. The molecule has 2 N–H and O–H groups in total. The smallest absolute Gasteiger partial charge is 0.421 e. The molecule has 0 atom stereocenters. The summed E-state index contributed by atoms with van der Waals surface area (Å²) in [6.07, 6.45) is -1.00. The molecule has 1 amide bonds. The van der Waals surface area contributed by atoms with E-state index in [1.54, 1.807) is 25.5 Å². The molecule has 0 saturated heterocycles. The van der Waals surface area contributed by atoms with Crippen LogP contribution in [0.2, 0.25) is 0 Å². The van der Waals surface area contributed by atoms with Crippen LogP contribution in [-0.2, 0) is 14.9 Å². The zero-order valence-electron chi connectivity index (χ0n) is 9.54. The number of carbonyl (C=O) groups is 1. The van der Waals surface area contributed by atoms with Crippen molar-refractivity contribution in [1.82, 2.24) is 9.44 Å². The Kier molecular flexibility index (Phi) is 6.06. The molecule has 8 heteroatoms. The van der Waals surface area contributed by atoms with E-state index in [4.69, 9.17) is 11.6 Å². The largest absolute Gasteiger partial charge is 0.449 e. The van der Waals surface area contributed by atoms with Crippen LogP contribution in [0.1, 0.15) is 20.8 Å². The van der Waals surface area contributed by atoms with E-state index in [1.165, 1.54) is 0 Å². The van der Waals surface area contributed by atoms with Gasteiger partial charge < -0.3 is 4.74 Å². The molecule has 0 fully saturated rings. The molecule has 0 rings (SSSR count). The summed E-state index contributed by atoms with van der Waals surface area (Å²) < 4.78 is 31.0. The molecular weight excluding hydrogens is 256 g/mol. The van der Waals surface area contributed by atoms with Gasteiger partial charge in [0.15, 0.2) is 0 Å². The molecular formula is C8H17ClN2O4S. The van der Waals surface area contributed by atoms with Crippen LogP contribution in [0.15, 0.2) is 0 Å². The molecule has 0 aromatic rings. The van der Waals surface area contributed by atoms with Crippen LogP contribution in [0.4, 0.5) is 4.79 Å². The van der Waals surface area contributed by atoms with Gasteiger partial charge in [0.25, 0.3) is 0 Å². The summed E-state index contributed by atoms with van der Waals surface area (Å²) in [5.74, 6) is 0.301. The van der Waals surface area contributed by atoms with Gasteiger partial charge in [-0.15, -0.1) is 11.6 Å². The highest BCUT2D eigenvalue weighted by Crippen LogP contribution is 2.15. The summed E-state index contributed by atoms with van der Waals surface area (Å²) in [6.45, 7) is 5.41. The number of halogens is 1. The maximum absolute atomic E-state index is 11.3. The third kappa shape index (κ3) is 6.86. The first-order valence-electron chi connectivity index (χ1n) is 4.72. The van der Waals surface area contributed by atoms with Crippen molar-refractivity contribution in [3.05, 3.63) is 0 Å². The van der Waals surface area contributed by atoms with Gasteiger partial charge in [-0.2, -0.15) is 13.1 Å². The van der Waals surface area contributed by atoms with E-state index >= 15 is 0 Å². The van der Waals surface area contributed by atoms with Gasteiger partial charge in [-0.05, 0) is 12.3 Å². The molecule has 0 heterocycles. The highest BCUT2D eigenvalue weighted by atomic mass is 35.5. The Labute approximate surface area is 101 Å². The van der Waals surface area contributed by atoms with Crippen LogP contribution in [0.5, 0.6) is 0 Å². The summed E-state index contributed by atoms with van der Waals surface area (Å²) >= 11 is 5.63. The molecule has 0 bridgehead atoms. The zero-order chi connectivity index (χ0) is 12.8. The zero-order valence-corrected chi connectivity index (χ0v) is 11.1. The van der Waals surface area contributed by atoms with E-state index in [9.17, 15) is 13.2 Å². The highest BCUT2D eigenvalue weighted by molar-refractivity contribution is 7.88. The fourth-order valence-corrected chi connectivity index (χ4v) is 1.67. The number of ether oxygens (including phenoxy) is 1. The second kappa shape index (κ2) is 6.27. The lowest BCUT2D eigenvalue weighted by Gasteiger charge is -2.21. The molecule has 0 saturated carbocycles. The third-order valence-corrected chi connectivity index (χ3v) is 3.28. The number of rotatable bonds is 6. The average Bonchev–Trinajstić information content (AvgIpc) is 2.15. The van der Waals surface area contributed by atoms with Crippen molar-refractivity contribution in [3.63, 3.8) is 0 Å². The standard InChI is InChI=1S/C8H17ClN2O4S/c1-4-15-7(12)11-16(13,14)10-6-8(2,3)5-9/h10H,4-6H2,1-3H3,(H,11,12). The van der Waals surface area contributed by atoms with Gasteiger partial charge in [0.05, 0.1) is 6.61 Å². The maximum atomic E-state index is 11.3. The Balaban J connectivity index is 4.21. The molecule has 0 aliphatic carbocycles. The van der Waals surface area contributed by atoms with Gasteiger partial charge in [0.2, 0.25) is 0 Å². The van der Waals surface area contributed by atoms with Crippen molar-refractivity contribution in [2.45, 2.75) is 20.8 Å². The van der Waals surface area contributed by atoms with E-state index < -0.39 is 16.3 Å². The number of alkyl halides is 1. The Morgan fingerprint density at radius 3 is 2.44 bits per heavy atom. The Hall–Kier alpha value is -0.530. The van der Waals surface area contributed by atoms with Gasteiger partial charge >= 0.3 is 16.3 Å². The molecule has 0 aromatic carbocycles. The van der Waals surface area contributed by atoms with Crippen molar-refractivity contribution >= 4 is 27.9 Å². The van der Waals surface area contributed by atoms with Crippen molar-refractivity contribution in [2.75, 3.05) is 19.0 Å². The number of amides is 1. The van der Waals surface area contributed by atoms with Gasteiger partial charge in [-0.1, -0.05) is 13.8 Å². The molecule has 0 aromatic heterocycles. The molecule has 16 heavy (non-hydrogen) atoms. The second-order valence-electron chi connectivity index (χ2n) is 3.94. The van der Waals surface area contributed by atoms with Crippen LogP contribution in [0.3, 0.4) is 0 Å². The molecule has 6 nitrogen and oxygen atoms in total. The minimum absolute atomic E-state index is 0.106. The number of carbonyl (C=O) groups excluding carboxylic acids is 1. The van der Waals surface area contributed by atoms with Crippen LogP contribution < -0.4 is 9.44 Å². The Bertz CT molecular complexity index is 329. The van der Waals surface area contributed by atoms with Crippen molar-refractivity contribution in [2.24, 2.45) is 5.41 Å². The average molecular weight is 273 g/mol. The van der Waals surface area contributed by atoms with E-state index in [1.807, 2.05) is 0 Å². The lowest BCUT2D eigenvalue weighted by atomic mass is 9.97. The maximum Gasteiger partial charge on any atom is 0.421 e. The van der Waals surface area contributed by atoms with Gasteiger partial charge in [0, 0.05) is 12.4 Å². The summed E-state index contributed by atoms with van der Waals surface area (Å²) in [6, 6.07) is 0. The first-order valence-corrected chi connectivity index (χ1v) is 6.74. The summed E-state index contributed by atoms with van der Waals surface area (Å²) in [4.78, 5) is 10.9. The van der Waals surface area contributed by atoms with Crippen molar-refractivity contribution < 1.29 is 17.9 Å². The minimum Gasteiger partial charge on any atom is -0.449 e. The van der Waals surface area contributed by atoms with Gasteiger partial charge in [-0.3, -0.25) is 0 Å². The first kappa shape index (κ1) is 15.5. The first-order chi connectivity index (χ1) is 7.22.